The molecule has 0 atom stereocenters. The van der Waals surface area contributed by atoms with Crippen molar-refractivity contribution in [1.82, 2.24) is 4.98 Å². The summed E-state index contributed by atoms with van der Waals surface area (Å²) in [5.41, 5.74) is 9.77. The average Bonchev–Trinajstić information content (AvgIpc) is 2.18. The zero-order valence-corrected chi connectivity index (χ0v) is 8.28. The monoisotopic (exact) mass is 251 g/mol. The van der Waals surface area contributed by atoms with Crippen molar-refractivity contribution in [2.45, 2.75) is 12.9 Å². The second kappa shape index (κ2) is 4.45. The predicted octanol–water partition coefficient (Wildman–Crippen LogP) is 0.719. The molecule has 1 rings (SSSR count). The third-order valence-corrected chi connectivity index (χ3v) is 1.74. The van der Waals surface area contributed by atoms with Gasteiger partial charge >= 0.3 is 12.3 Å². The highest BCUT2D eigenvalue weighted by atomic mass is 19.4. The highest BCUT2D eigenvalue weighted by molar-refractivity contribution is 5.90. The van der Waals surface area contributed by atoms with Gasteiger partial charge in [-0.25, -0.2) is 9.78 Å². The molecule has 1 aromatic rings. The minimum Gasteiger partial charge on any atom is -0.478 e. The molecule has 9 heteroatoms. The fourth-order valence-electron chi connectivity index (χ4n) is 1.10. The van der Waals surface area contributed by atoms with Crippen LogP contribution in [0.15, 0.2) is 6.07 Å². The van der Waals surface area contributed by atoms with Gasteiger partial charge in [0.25, 0.3) is 0 Å². The van der Waals surface area contributed by atoms with Crippen molar-refractivity contribution in [3.05, 3.63) is 17.3 Å². The lowest BCUT2D eigenvalue weighted by molar-refractivity contribution is -0.274. The number of hydrogen-bond acceptors (Lipinski definition) is 5. The molecule has 1 heterocycles. The quantitative estimate of drug-likeness (QED) is 0.729. The van der Waals surface area contributed by atoms with E-state index in [1.165, 1.54) is 0 Å². The summed E-state index contributed by atoms with van der Waals surface area (Å²) in [7, 11) is 0. The number of nitrogens with zero attached hydrogens (tertiary/aromatic N) is 1. The molecule has 0 unspecified atom stereocenters. The number of anilines is 1. The van der Waals surface area contributed by atoms with Crippen LogP contribution in [-0.4, -0.2) is 22.4 Å². The molecule has 0 saturated carbocycles. The molecule has 94 valence electrons. The van der Waals surface area contributed by atoms with Crippen molar-refractivity contribution in [2.75, 3.05) is 5.73 Å². The molecule has 0 aliphatic rings. The molecule has 0 aliphatic carbocycles. The molecular weight excluding hydrogens is 243 g/mol. The number of rotatable bonds is 3. The van der Waals surface area contributed by atoms with Crippen LogP contribution in [0.1, 0.15) is 16.1 Å². The number of carboxylic acid groups (broad SMARTS) is 1. The summed E-state index contributed by atoms with van der Waals surface area (Å²) in [6, 6.07) is 0.639. The number of hydrogen-bond donors (Lipinski definition) is 3. The lowest BCUT2D eigenvalue weighted by Gasteiger charge is -2.12. The number of carboxylic acids is 1. The van der Waals surface area contributed by atoms with E-state index in [2.05, 4.69) is 9.72 Å². The highest BCUT2D eigenvalue weighted by Crippen LogP contribution is 2.29. The van der Waals surface area contributed by atoms with E-state index < -0.39 is 29.5 Å². The van der Waals surface area contributed by atoms with E-state index in [0.717, 1.165) is 0 Å². The van der Waals surface area contributed by atoms with Gasteiger partial charge in [-0.05, 0) is 0 Å². The van der Waals surface area contributed by atoms with Gasteiger partial charge in [0, 0.05) is 12.6 Å². The van der Waals surface area contributed by atoms with Gasteiger partial charge in [0.1, 0.15) is 0 Å². The lowest BCUT2D eigenvalue weighted by Crippen LogP contribution is -2.20. The maximum absolute atomic E-state index is 12.0. The molecular formula is C8H8F3N3O3. The zero-order chi connectivity index (χ0) is 13.2. The minimum atomic E-state index is -4.98. The van der Waals surface area contributed by atoms with E-state index in [9.17, 15) is 18.0 Å². The number of nitrogens with two attached hydrogens (primary N) is 2. The number of halogens is 3. The smallest absolute Gasteiger partial charge is 0.478 e. The molecule has 0 fully saturated rings. The van der Waals surface area contributed by atoms with Gasteiger partial charge in [0.05, 0.1) is 11.3 Å². The van der Waals surface area contributed by atoms with E-state index >= 15 is 0 Å². The number of nitrogen functional groups attached to an aromatic ring is 1. The van der Waals surface area contributed by atoms with Gasteiger partial charge < -0.3 is 21.3 Å². The van der Waals surface area contributed by atoms with E-state index in [4.69, 9.17) is 16.6 Å². The Balaban J connectivity index is 3.25. The topological polar surface area (TPSA) is 111 Å². The number of pyridine rings is 1. The van der Waals surface area contributed by atoms with Crippen molar-refractivity contribution in [3.8, 4) is 5.75 Å². The van der Waals surface area contributed by atoms with Crippen molar-refractivity contribution in [1.29, 1.82) is 0 Å². The summed E-state index contributed by atoms with van der Waals surface area (Å²) in [5, 5.41) is 8.74. The number of ether oxygens (including phenoxy) is 1. The highest BCUT2D eigenvalue weighted by Gasteiger charge is 2.33. The third-order valence-electron chi connectivity index (χ3n) is 1.74. The van der Waals surface area contributed by atoms with Crippen LogP contribution in [0.3, 0.4) is 0 Å². The molecule has 0 amide bonds. The summed E-state index contributed by atoms with van der Waals surface area (Å²) < 4.78 is 39.4. The van der Waals surface area contributed by atoms with Crippen LogP contribution >= 0.6 is 0 Å². The van der Waals surface area contributed by atoms with E-state index in [0.29, 0.717) is 6.07 Å². The molecule has 0 bridgehead atoms. The zero-order valence-electron chi connectivity index (χ0n) is 8.28. The standard InChI is InChI=1S/C8H8F3N3O3/c9-8(10,11)17-5-1-3(7(15)16)4(2-12)14-6(5)13/h1H,2,12H2,(H2,13,14)(H,15,16). The third kappa shape index (κ3) is 3.21. The van der Waals surface area contributed by atoms with E-state index in [1.54, 1.807) is 0 Å². The van der Waals surface area contributed by atoms with Gasteiger partial charge in [-0.2, -0.15) is 0 Å². The fourth-order valence-corrected chi connectivity index (χ4v) is 1.10. The molecule has 0 aromatic carbocycles. The second-order valence-electron chi connectivity index (χ2n) is 2.92. The van der Waals surface area contributed by atoms with Gasteiger partial charge in [0.15, 0.2) is 11.6 Å². The van der Waals surface area contributed by atoms with Crippen molar-refractivity contribution < 1.29 is 27.8 Å². The molecule has 0 aliphatic heterocycles. The summed E-state index contributed by atoms with van der Waals surface area (Å²) in [4.78, 5) is 14.2. The number of aromatic carboxylic acids is 1. The van der Waals surface area contributed by atoms with E-state index in [-0.39, 0.29) is 12.2 Å². The van der Waals surface area contributed by atoms with Crippen LogP contribution < -0.4 is 16.2 Å². The predicted molar refractivity (Wildman–Crippen MR) is 50.2 cm³/mol. The first-order valence-corrected chi connectivity index (χ1v) is 4.23. The first kappa shape index (κ1) is 13.0. The Labute approximate surface area is 93.0 Å². The lowest BCUT2D eigenvalue weighted by atomic mass is 10.2. The molecule has 1 aromatic heterocycles. The molecule has 0 radical (unpaired) electrons. The summed E-state index contributed by atoms with van der Waals surface area (Å²) >= 11 is 0. The van der Waals surface area contributed by atoms with Crippen LogP contribution in [-0.2, 0) is 6.54 Å². The largest absolute Gasteiger partial charge is 0.573 e. The molecule has 6 nitrogen and oxygen atoms in total. The van der Waals surface area contributed by atoms with Gasteiger partial charge in [-0.15, -0.1) is 13.2 Å². The van der Waals surface area contributed by atoms with Crippen molar-refractivity contribution >= 4 is 11.8 Å². The summed E-state index contributed by atoms with van der Waals surface area (Å²) in [6.07, 6.45) is -4.98. The van der Waals surface area contributed by atoms with Crippen molar-refractivity contribution in [3.63, 3.8) is 0 Å². The van der Waals surface area contributed by atoms with Crippen LogP contribution in [0.25, 0.3) is 0 Å². The van der Waals surface area contributed by atoms with Crippen LogP contribution in [0, 0.1) is 0 Å². The second-order valence-corrected chi connectivity index (χ2v) is 2.92. The maximum Gasteiger partial charge on any atom is 0.573 e. The minimum absolute atomic E-state index is 0.121. The Bertz CT molecular complexity index is 448. The van der Waals surface area contributed by atoms with Crippen LogP contribution in [0.5, 0.6) is 5.75 Å². The van der Waals surface area contributed by atoms with Gasteiger partial charge in [0.2, 0.25) is 0 Å². The SMILES string of the molecule is NCc1nc(N)c(OC(F)(F)F)cc1C(=O)O. The Morgan fingerprint density at radius 3 is 2.53 bits per heavy atom. The number of aromatic nitrogens is 1. The Morgan fingerprint density at radius 1 is 1.53 bits per heavy atom. The van der Waals surface area contributed by atoms with Crippen LogP contribution in [0.2, 0.25) is 0 Å². The van der Waals surface area contributed by atoms with Crippen molar-refractivity contribution in [2.24, 2.45) is 5.73 Å². The number of carbonyl (C=O) groups is 1. The summed E-state index contributed by atoms with van der Waals surface area (Å²) in [6.45, 7) is -0.266. The fraction of sp³-hybridized carbons (Fsp3) is 0.250. The number of alkyl halides is 3. The van der Waals surface area contributed by atoms with Gasteiger partial charge in [-0.1, -0.05) is 0 Å². The van der Waals surface area contributed by atoms with Crippen LogP contribution in [0.4, 0.5) is 19.0 Å². The Morgan fingerprint density at radius 2 is 2.12 bits per heavy atom. The maximum atomic E-state index is 12.0. The Hall–Kier alpha value is -2.03. The molecule has 0 spiro atoms. The summed E-state index contributed by atoms with van der Waals surface area (Å²) in [5.74, 6) is -2.91. The first-order valence-electron chi connectivity index (χ1n) is 4.23. The molecule has 0 saturated heterocycles. The normalized spacial score (nSPS) is 11.3. The molecule has 5 N–H and O–H groups in total. The van der Waals surface area contributed by atoms with Gasteiger partial charge in [-0.3, -0.25) is 0 Å². The average molecular weight is 251 g/mol. The Kier molecular flexibility index (Phi) is 3.42. The first-order chi connectivity index (χ1) is 7.74. The molecule has 17 heavy (non-hydrogen) atoms. The van der Waals surface area contributed by atoms with E-state index in [1.807, 2.05) is 0 Å².